The fourth-order valence-electron chi connectivity index (χ4n) is 1.98. The molecule has 0 heterocycles. The Morgan fingerprint density at radius 2 is 1.77 bits per heavy atom. The lowest BCUT2D eigenvalue weighted by molar-refractivity contribution is -0.119. The van der Waals surface area contributed by atoms with Crippen molar-refractivity contribution >= 4 is 29.1 Å². The van der Waals surface area contributed by atoms with Crippen LogP contribution >= 0.6 is 23.2 Å². The number of halogens is 2. The minimum absolute atomic E-state index is 0.0635. The second-order valence-corrected chi connectivity index (χ2v) is 5.48. The van der Waals surface area contributed by atoms with Crippen molar-refractivity contribution in [2.45, 2.75) is 12.7 Å². The molecule has 2 aromatic carbocycles. The first kappa shape index (κ1) is 16.8. The van der Waals surface area contributed by atoms with Gasteiger partial charge >= 0.3 is 0 Å². The van der Waals surface area contributed by atoms with Crippen LogP contribution in [0.15, 0.2) is 54.6 Å². The van der Waals surface area contributed by atoms with E-state index in [1.165, 1.54) is 0 Å². The second kappa shape index (κ2) is 8.79. The molecule has 1 amide bonds. The maximum atomic E-state index is 11.4. The summed E-state index contributed by atoms with van der Waals surface area (Å²) in [7, 11) is 0. The molecule has 116 valence electrons. The van der Waals surface area contributed by atoms with Gasteiger partial charge in [0.25, 0.3) is 0 Å². The molecule has 0 aliphatic heterocycles. The SMILES string of the molecule is O=C(CCl)NCC(OCc1ccccc1)c1ccc(Cl)cc1. The van der Waals surface area contributed by atoms with Crippen LogP contribution in [0, 0.1) is 0 Å². The number of hydrogen-bond acceptors (Lipinski definition) is 2. The van der Waals surface area contributed by atoms with Gasteiger partial charge in [-0.3, -0.25) is 4.79 Å². The van der Waals surface area contributed by atoms with Crippen molar-refractivity contribution in [1.29, 1.82) is 0 Å². The van der Waals surface area contributed by atoms with Gasteiger partial charge in [0.2, 0.25) is 5.91 Å². The molecule has 0 saturated carbocycles. The molecule has 0 radical (unpaired) electrons. The molecule has 1 atom stereocenters. The Labute approximate surface area is 140 Å². The van der Waals surface area contributed by atoms with Crippen molar-refractivity contribution in [2.75, 3.05) is 12.4 Å². The van der Waals surface area contributed by atoms with Crippen LogP contribution in [0.4, 0.5) is 0 Å². The predicted molar refractivity (Wildman–Crippen MR) is 89.2 cm³/mol. The zero-order chi connectivity index (χ0) is 15.8. The van der Waals surface area contributed by atoms with E-state index in [-0.39, 0.29) is 17.9 Å². The number of alkyl halides is 1. The van der Waals surface area contributed by atoms with E-state index in [0.29, 0.717) is 18.2 Å². The zero-order valence-corrected chi connectivity index (χ0v) is 13.5. The number of nitrogens with one attached hydrogen (secondary N) is 1. The van der Waals surface area contributed by atoms with Crippen molar-refractivity contribution in [2.24, 2.45) is 0 Å². The Kier molecular flexibility index (Phi) is 6.72. The van der Waals surface area contributed by atoms with Crippen molar-refractivity contribution in [1.82, 2.24) is 5.32 Å². The molecule has 1 N–H and O–H groups in total. The smallest absolute Gasteiger partial charge is 0.235 e. The molecule has 0 aromatic heterocycles. The number of rotatable bonds is 7. The lowest BCUT2D eigenvalue weighted by atomic mass is 10.1. The Hall–Kier alpha value is -1.55. The summed E-state index contributed by atoms with van der Waals surface area (Å²) in [5, 5.41) is 3.42. The first-order valence-electron chi connectivity index (χ1n) is 6.92. The third-order valence-electron chi connectivity index (χ3n) is 3.14. The normalized spacial score (nSPS) is 11.9. The van der Waals surface area contributed by atoms with Gasteiger partial charge in [-0.25, -0.2) is 0 Å². The van der Waals surface area contributed by atoms with Crippen LogP contribution in [0.1, 0.15) is 17.2 Å². The van der Waals surface area contributed by atoms with Crippen LogP contribution in [-0.2, 0) is 16.1 Å². The van der Waals surface area contributed by atoms with Gasteiger partial charge < -0.3 is 10.1 Å². The fourth-order valence-corrected chi connectivity index (χ4v) is 2.20. The van der Waals surface area contributed by atoms with Crippen LogP contribution in [0.25, 0.3) is 0 Å². The van der Waals surface area contributed by atoms with E-state index in [0.717, 1.165) is 11.1 Å². The molecule has 5 heteroatoms. The first-order valence-corrected chi connectivity index (χ1v) is 7.84. The number of carbonyl (C=O) groups excluding carboxylic acids is 1. The standard InChI is InChI=1S/C17H17Cl2NO2/c18-10-17(21)20-11-16(14-6-8-15(19)9-7-14)22-12-13-4-2-1-3-5-13/h1-9,16H,10-12H2,(H,20,21). The summed E-state index contributed by atoms with van der Waals surface area (Å²) in [6.07, 6.45) is -0.260. The molecule has 2 aromatic rings. The topological polar surface area (TPSA) is 38.3 Å². The molecule has 22 heavy (non-hydrogen) atoms. The van der Waals surface area contributed by atoms with Crippen LogP contribution in [0.3, 0.4) is 0 Å². The zero-order valence-electron chi connectivity index (χ0n) is 12.0. The molecule has 0 fully saturated rings. The Morgan fingerprint density at radius 3 is 2.41 bits per heavy atom. The average Bonchev–Trinajstić information content (AvgIpc) is 2.56. The van der Waals surface area contributed by atoms with Crippen molar-refractivity contribution in [3.05, 3.63) is 70.7 Å². The second-order valence-electron chi connectivity index (χ2n) is 4.77. The van der Waals surface area contributed by atoms with Gasteiger partial charge in [0.1, 0.15) is 12.0 Å². The van der Waals surface area contributed by atoms with Gasteiger partial charge in [-0.05, 0) is 23.3 Å². The van der Waals surface area contributed by atoms with Gasteiger partial charge in [0.15, 0.2) is 0 Å². The molecule has 0 aliphatic carbocycles. The van der Waals surface area contributed by atoms with Gasteiger partial charge in [-0.15, -0.1) is 11.6 Å². The minimum Gasteiger partial charge on any atom is -0.367 e. The van der Waals surface area contributed by atoms with Gasteiger partial charge in [0.05, 0.1) is 6.61 Å². The summed E-state index contributed by atoms with van der Waals surface area (Å²) < 4.78 is 5.95. The molecule has 2 rings (SSSR count). The quantitative estimate of drug-likeness (QED) is 0.776. The van der Waals surface area contributed by atoms with E-state index in [9.17, 15) is 4.79 Å². The minimum atomic E-state index is -0.260. The molecule has 0 aliphatic rings. The maximum absolute atomic E-state index is 11.4. The summed E-state index contributed by atoms with van der Waals surface area (Å²) in [6.45, 7) is 0.824. The van der Waals surface area contributed by atoms with E-state index >= 15 is 0 Å². The number of benzene rings is 2. The summed E-state index contributed by atoms with van der Waals surface area (Å²) in [5.74, 6) is -0.282. The summed E-state index contributed by atoms with van der Waals surface area (Å²) in [5.41, 5.74) is 2.03. The lowest BCUT2D eigenvalue weighted by Gasteiger charge is -2.19. The summed E-state index contributed by atoms with van der Waals surface area (Å²) in [4.78, 5) is 11.4. The molecule has 3 nitrogen and oxygen atoms in total. The predicted octanol–water partition coefficient (Wildman–Crippen LogP) is 3.95. The average molecular weight is 338 g/mol. The Balaban J connectivity index is 2.03. The van der Waals surface area contributed by atoms with Gasteiger partial charge in [-0.2, -0.15) is 0 Å². The highest BCUT2D eigenvalue weighted by Crippen LogP contribution is 2.21. The van der Waals surface area contributed by atoms with Crippen molar-refractivity contribution in [3.63, 3.8) is 0 Å². The Morgan fingerprint density at radius 1 is 1.09 bits per heavy atom. The molecule has 1 unspecified atom stereocenters. The number of carbonyl (C=O) groups is 1. The molecule has 0 bridgehead atoms. The lowest BCUT2D eigenvalue weighted by Crippen LogP contribution is -2.30. The van der Waals surface area contributed by atoms with E-state index in [2.05, 4.69) is 5.32 Å². The number of hydrogen-bond donors (Lipinski definition) is 1. The highest BCUT2D eigenvalue weighted by molar-refractivity contribution is 6.30. The number of amides is 1. The van der Waals surface area contributed by atoms with E-state index in [1.807, 2.05) is 42.5 Å². The highest BCUT2D eigenvalue weighted by atomic mass is 35.5. The molecule has 0 spiro atoms. The van der Waals surface area contributed by atoms with E-state index in [1.54, 1.807) is 12.1 Å². The fraction of sp³-hybridized carbons (Fsp3) is 0.235. The highest BCUT2D eigenvalue weighted by Gasteiger charge is 2.13. The van der Waals surface area contributed by atoms with Crippen LogP contribution in [-0.4, -0.2) is 18.3 Å². The van der Waals surface area contributed by atoms with Crippen LogP contribution in [0.5, 0.6) is 0 Å². The largest absolute Gasteiger partial charge is 0.367 e. The molecular formula is C17H17Cl2NO2. The summed E-state index contributed by atoms with van der Waals surface area (Å²) in [6, 6.07) is 17.3. The maximum Gasteiger partial charge on any atom is 0.235 e. The van der Waals surface area contributed by atoms with Crippen molar-refractivity contribution in [3.8, 4) is 0 Å². The van der Waals surface area contributed by atoms with Gasteiger partial charge in [0, 0.05) is 11.6 Å². The van der Waals surface area contributed by atoms with E-state index in [4.69, 9.17) is 27.9 Å². The Bertz CT molecular complexity index is 587. The monoisotopic (exact) mass is 337 g/mol. The number of ether oxygens (including phenoxy) is 1. The molecule has 0 saturated heterocycles. The van der Waals surface area contributed by atoms with Crippen molar-refractivity contribution < 1.29 is 9.53 Å². The first-order chi connectivity index (χ1) is 10.7. The van der Waals surface area contributed by atoms with E-state index < -0.39 is 0 Å². The third-order valence-corrected chi connectivity index (χ3v) is 3.64. The van der Waals surface area contributed by atoms with Crippen LogP contribution in [0.2, 0.25) is 5.02 Å². The third kappa shape index (κ3) is 5.34. The summed E-state index contributed by atoms with van der Waals surface area (Å²) >= 11 is 11.4. The molecular weight excluding hydrogens is 321 g/mol. The van der Waals surface area contributed by atoms with Crippen LogP contribution < -0.4 is 5.32 Å². The van der Waals surface area contributed by atoms with Gasteiger partial charge in [-0.1, -0.05) is 54.1 Å².